The van der Waals surface area contributed by atoms with E-state index in [0.717, 1.165) is 37.4 Å². The quantitative estimate of drug-likeness (QED) is 0.442. The number of halogens is 1. The van der Waals surface area contributed by atoms with Gasteiger partial charge in [-0.25, -0.2) is 4.39 Å². The van der Waals surface area contributed by atoms with Gasteiger partial charge >= 0.3 is 0 Å². The van der Waals surface area contributed by atoms with Gasteiger partial charge in [0.25, 0.3) is 0 Å². The van der Waals surface area contributed by atoms with Crippen LogP contribution in [0.1, 0.15) is 45.0 Å². The summed E-state index contributed by atoms with van der Waals surface area (Å²) in [4.78, 5) is 26.2. The summed E-state index contributed by atoms with van der Waals surface area (Å²) in [5.41, 5.74) is 2.04. The monoisotopic (exact) mass is 496 g/mol. The van der Waals surface area contributed by atoms with E-state index in [9.17, 15) is 14.0 Å². The SMILES string of the molecule is CC(=O)Nc1ccc(NC(=O)CSc2nnc(C(C)N3CCCCC3)n2-c2ccc(F)cc2)cc1. The molecule has 0 radical (unpaired) electrons. The first kappa shape index (κ1) is 24.9. The molecule has 1 fully saturated rings. The number of nitrogens with zero attached hydrogens (tertiary/aromatic N) is 4. The molecule has 1 unspecified atom stereocenters. The third-order valence-corrected chi connectivity index (χ3v) is 6.81. The summed E-state index contributed by atoms with van der Waals surface area (Å²) in [6.45, 7) is 5.56. The second-order valence-corrected chi connectivity index (χ2v) is 9.46. The van der Waals surface area contributed by atoms with E-state index in [4.69, 9.17) is 0 Å². The molecular weight excluding hydrogens is 467 g/mol. The highest BCUT2D eigenvalue weighted by molar-refractivity contribution is 7.99. The minimum Gasteiger partial charge on any atom is -0.326 e. The van der Waals surface area contributed by atoms with Crippen LogP contribution in [0, 0.1) is 5.82 Å². The number of aromatic nitrogens is 3. The van der Waals surface area contributed by atoms with Crippen molar-refractivity contribution in [2.24, 2.45) is 0 Å². The Labute approximate surface area is 208 Å². The lowest BCUT2D eigenvalue weighted by molar-refractivity contribution is -0.114. The maximum Gasteiger partial charge on any atom is 0.234 e. The van der Waals surface area contributed by atoms with Crippen LogP contribution in [-0.2, 0) is 9.59 Å². The van der Waals surface area contributed by atoms with Gasteiger partial charge in [0.15, 0.2) is 11.0 Å². The van der Waals surface area contributed by atoms with E-state index in [-0.39, 0.29) is 29.4 Å². The Balaban J connectivity index is 1.48. The first-order chi connectivity index (χ1) is 16.9. The summed E-state index contributed by atoms with van der Waals surface area (Å²) in [7, 11) is 0. The Morgan fingerprint density at radius 1 is 0.971 bits per heavy atom. The van der Waals surface area contributed by atoms with Crippen molar-refractivity contribution >= 4 is 35.0 Å². The number of hydrogen-bond donors (Lipinski definition) is 2. The largest absolute Gasteiger partial charge is 0.326 e. The Hall–Kier alpha value is -3.24. The number of nitrogens with one attached hydrogen (secondary N) is 2. The van der Waals surface area contributed by atoms with Gasteiger partial charge in [0, 0.05) is 24.0 Å². The predicted octanol–water partition coefficient (Wildman–Crippen LogP) is 4.64. The average Bonchev–Trinajstić information content (AvgIpc) is 3.28. The van der Waals surface area contributed by atoms with E-state index in [2.05, 4.69) is 32.7 Å². The molecular formula is C25H29FN6O2S. The van der Waals surface area contributed by atoms with Crippen LogP contribution in [0.4, 0.5) is 15.8 Å². The van der Waals surface area contributed by atoms with Crippen molar-refractivity contribution in [3.63, 3.8) is 0 Å². The summed E-state index contributed by atoms with van der Waals surface area (Å²) >= 11 is 1.28. The maximum atomic E-state index is 13.6. The molecule has 0 bridgehead atoms. The van der Waals surface area contributed by atoms with Gasteiger partial charge in [0.1, 0.15) is 5.82 Å². The molecule has 10 heteroatoms. The number of carbonyl (C=O) groups excluding carboxylic acids is 2. The van der Waals surface area contributed by atoms with Crippen LogP contribution in [-0.4, -0.2) is 50.3 Å². The molecule has 2 aromatic carbocycles. The fourth-order valence-electron chi connectivity index (χ4n) is 4.11. The van der Waals surface area contributed by atoms with E-state index in [1.54, 1.807) is 36.4 Å². The van der Waals surface area contributed by atoms with Crippen LogP contribution in [0.15, 0.2) is 53.7 Å². The molecule has 2 amide bonds. The van der Waals surface area contributed by atoms with Crippen molar-refractivity contribution in [1.82, 2.24) is 19.7 Å². The molecule has 0 saturated carbocycles. The number of benzene rings is 2. The molecule has 1 aromatic heterocycles. The number of amides is 2. The fourth-order valence-corrected chi connectivity index (χ4v) is 4.87. The van der Waals surface area contributed by atoms with Crippen LogP contribution in [0.2, 0.25) is 0 Å². The van der Waals surface area contributed by atoms with E-state index in [1.807, 2.05) is 4.57 Å². The van der Waals surface area contributed by atoms with Gasteiger partial charge in [-0.3, -0.25) is 19.1 Å². The molecule has 4 rings (SSSR count). The second kappa shape index (κ2) is 11.5. The first-order valence-electron chi connectivity index (χ1n) is 11.7. The van der Waals surface area contributed by atoms with Gasteiger partial charge in [-0.05, 0) is 81.4 Å². The lowest BCUT2D eigenvalue weighted by atomic mass is 10.1. The Morgan fingerprint density at radius 2 is 1.60 bits per heavy atom. The summed E-state index contributed by atoms with van der Waals surface area (Å²) < 4.78 is 15.5. The topological polar surface area (TPSA) is 92.2 Å². The average molecular weight is 497 g/mol. The van der Waals surface area contributed by atoms with Crippen molar-refractivity contribution in [3.05, 3.63) is 60.2 Å². The molecule has 8 nitrogen and oxygen atoms in total. The number of anilines is 2. The molecule has 1 atom stereocenters. The van der Waals surface area contributed by atoms with E-state index < -0.39 is 0 Å². The summed E-state index contributed by atoms with van der Waals surface area (Å²) in [6.07, 6.45) is 3.55. The summed E-state index contributed by atoms with van der Waals surface area (Å²) in [6, 6.07) is 13.2. The molecule has 35 heavy (non-hydrogen) atoms. The zero-order valence-corrected chi connectivity index (χ0v) is 20.6. The van der Waals surface area contributed by atoms with Gasteiger partial charge in [0.05, 0.1) is 11.8 Å². The van der Waals surface area contributed by atoms with E-state index >= 15 is 0 Å². The highest BCUT2D eigenvalue weighted by atomic mass is 32.2. The smallest absolute Gasteiger partial charge is 0.234 e. The minimum atomic E-state index is -0.314. The van der Waals surface area contributed by atoms with Gasteiger partial charge in [-0.1, -0.05) is 18.2 Å². The summed E-state index contributed by atoms with van der Waals surface area (Å²) in [5, 5.41) is 15.0. The van der Waals surface area contributed by atoms with Crippen molar-refractivity contribution in [1.29, 1.82) is 0 Å². The van der Waals surface area contributed by atoms with E-state index in [0.29, 0.717) is 16.5 Å². The number of rotatable bonds is 8. The molecule has 0 spiro atoms. The van der Waals surface area contributed by atoms with Crippen LogP contribution in [0.25, 0.3) is 5.69 Å². The van der Waals surface area contributed by atoms with Crippen molar-refractivity contribution in [3.8, 4) is 5.69 Å². The lowest BCUT2D eigenvalue weighted by Gasteiger charge is -2.31. The normalized spacial score (nSPS) is 14.9. The summed E-state index contributed by atoms with van der Waals surface area (Å²) in [5.74, 6) is 0.240. The van der Waals surface area contributed by atoms with Crippen LogP contribution >= 0.6 is 11.8 Å². The Bertz CT molecular complexity index is 1160. The first-order valence-corrected chi connectivity index (χ1v) is 12.6. The maximum absolute atomic E-state index is 13.6. The molecule has 1 aliphatic rings. The van der Waals surface area contributed by atoms with E-state index in [1.165, 1.54) is 37.2 Å². The highest BCUT2D eigenvalue weighted by Crippen LogP contribution is 2.29. The van der Waals surface area contributed by atoms with Crippen LogP contribution < -0.4 is 10.6 Å². The number of hydrogen-bond acceptors (Lipinski definition) is 6. The highest BCUT2D eigenvalue weighted by Gasteiger charge is 2.25. The number of likely N-dealkylation sites (tertiary alicyclic amines) is 1. The van der Waals surface area contributed by atoms with Crippen LogP contribution in [0.3, 0.4) is 0 Å². The second-order valence-electron chi connectivity index (χ2n) is 8.52. The molecule has 1 aliphatic heterocycles. The van der Waals surface area contributed by atoms with Gasteiger partial charge in [-0.2, -0.15) is 0 Å². The lowest BCUT2D eigenvalue weighted by Crippen LogP contribution is -2.33. The zero-order chi connectivity index (χ0) is 24.8. The van der Waals surface area contributed by atoms with Crippen LogP contribution in [0.5, 0.6) is 0 Å². The predicted molar refractivity (Wildman–Crippen MR) is 135 cm³/mol. The molecule has 184 valence electrons. The standard InChI is InChI=1S/C25H29FN6O2S/c1-17(31-14-4-3-5-15-31)24-29-30-25(32(24)22-12-6-19(26)7-13-22)35-16-23(34)28-21-10-8-20(9-11-21)27-18(2)33/h6-13,17H,3-5,14-16H2,1-2H3,(H,27,33)(H,28,34). The molecule has 3 aromatic rings. The zero-order valence-electron chi connectivity index (χ0n) is 19.8. The van der Waals surface area contributed by atoms with Crippen molar-refractivity contribution in [2.75, 3.05) is 29.5 Å². The third kappa shape index (κ3) is 6.46. The Kier molecular flexibility index (Phi) is 8.14. The molecule has 1 saturated heterocycles. The number of thioether (sulfide) groups is 1. The van der Waals surface area contributed by atoms with Gasteiger partial charge < -0.3 is 10.6 Å². The molecule has 0 aliphatic carbocycles. The number of piperidine rings is 1. The molecule has 2 heterocycles. The fraction of sp³-hybridized carbons (Fsp3) is 0.360. The van der Waals surface area contributed by atoms with Crippen molar-refractivity contribution in [2.45, 2.75) is 44.3 Å². The molecule has 2 N–H and O–H groups in total. The number of carbonyl (C=O) groups is 2. The minimum absolute atomic E-state index is 0.0400. The van der Waals surface area contributed by atoms with Crippen molar-refractivity contribution < 1.29 is 14.0 Å². The van der Waals surface area contributed by atoms with Gasteiger partial charge in [0.2, 0.25) is 11.8 Å². The third-order valence-electron chi connectivity index (χ3n) is 5.88. The van der Waals surface area contributed by atoms with Gasteiger partial charge in [-0.15, -0.1) is 10.2 Å². The Morgan fingerprint density at radius 3 is 2.23 bits per heavy atom.